The molecule has 0 aromatic carbocycles. The minimum absolute atomic E-state index is 1.37. The van der Waals surface area contributed by atoms with Gasteiger partial charge in [0, 0.05) is 0 Å². The van der Waals surface area contributed by atoms with Crippen molar-refractivity contribution in [3.8, 4) is 0 Å². The Bertz CT molecular complexity index is 115. The van der Waals surface area contributed by atoms with E-state index in [2.05, 4.69) is 31.4 Å². The summed E-state index contributed by atoms with van der Waals surface area (Å²) in [7, 11) is 2.25. The first-order chi connectivity index (χ1) is 7.24. The Labute approximate surface area is 102 Å². The summed E-state index contributed by atoms with van der Waals surface area (Å²) in [5.74, 6) is 0. The summed E-state index contributed by atoms with van der Waals surface area (Å²) in [6.07, 6.45) is 8.51. The van der Waals surface area contributed by atoms with Gasteiger partial charge in [0.25, 0.3) is 0 Å². The molecule has 0 aliphatic carbocycles. The van der Waals surface area contributed by atoms with E-state index in [4.69, 9.17) is 0 Å². The topological polar surface area (TPSA) is 12.0 Å². The second-order valence-electron chi connectivity index (χ2n) is 4.84. The van der Waals surface area contributed by atoms with E-state index in [9.17, 15) is 0 Å². The number of rotatable bonds is 10. The standard InChI is InChI=1S/3C4H9.CH4N.Sn/c3*1-3-4-2;1-2;/h3*1,3-4H2,2H3;2H,1H3;/q;;;-1;+1. The summed E-state index contributed by atoms with van der Waals surface area (Å²) >= 11 is -1.87. The van der Waals surface area contributed by atoms with E-state index in [1.165, 1.54) is 38.5 Å². The van der Waals surface area contributed by atoms with Crippen LogP contribution in [0.2, 0.25) is 13.3 Å². The first kappa shape index (κ1) is 15.8. The molecule has 2 heteroatoms. The summed E-state index contributed by atoms with van der Waals surface area (Å²) in [4.78, 5) is 0. The molecule has 0 bridgehead atoms. The van der Waals surface area contributed by atoms with Gasteiger partial charge in [-0.2, -0.15) is 0 Å². The van der Waals surface area contributed by atoms with E-state index in [-0.39, 0.29) is 0 Å². The number of unbranched alkanes of at least 4 members (excludes halogenated alkanes) is 3. The van der Waals surface area contributed by atoms with Crippen molar-refractivity contribution < 1.29 is 0 Å². The second-order valence-corrected chi connectivity index (χ2v) is 17.9. The maximum absolute atomic E-state index is 3.83. The molecule has 0 amide bonds. The fourth-order valence-corrected chi connectivity index (χ4v) is 15.4. The second kappa shape index (κ2) is 9.95. The molecule has 0 spiro atoms. The maximum atomic E-state index is 3.83. The minimum atomic E-state index is -1.87. The van der Waals surface area contributed by atoms with E-state index < -0.39 is 18.7 Å². The van der Waals surface area contributed by atoms with Gasteiger partial charge in [0.15, 0.2) is 0 Å². The van der Waals surface area contributed by atoms with Crippen LogP contribution in [-0.2, 0) is 0 Å². The molecular weight excluding hydrogens is 289 g/mol. The summed E-state index contributed by atoms with van der Waals surface area (Å²) in [5, 5.41) is 0. The molecule has 0 unspecified atom stereocenters. The average molecular weight is 320 g/mol. The number of nitrogens with one attached hydrogen (secondary N) is 1. The molecule has 0 rings (SSSR count). The summed E-state index contributed by atoms with van der Waals surface area (Å²) in [5.41, 5.74) is 0. The molecule has 0 heterocycles. The van der Waals surface area contributed by atoms with Gasteiger partial charge < -0.3 is 0 Å². The van der Waals surface area contributed by atoms with Crippen molar-refractivity contribution in [2.24, 2.45) is 0 Å². The average Bonchev–Trinajstić information content (AvgIpc) is 2.29. The summed E-state index contributed by atoms with van der Waals surface area (Å²) < 4.78 is 8.54. The Morgan fingerprint density at radius 3 is 1.27 bits per heavy atom. The van der Waals surface area contributed by atoms with Crippen molar-refractivity contribution in [1.82, 2.24) is 3.54 Å². The van der Waals surface area contributed by atoms with Gasteiger partial charge >= 0.3 is 102 Å². The number of hydrogen-bond donors (Lipinski definition) is 1. The first-order valence-corrected chi connectivity index (χ1v) is 14.4. The quantitative estimate of drug-likeness (QED) is 0.582. The molecule has 0 aromatic rings. The molecule has 0 saturated carbocycles. The van der Waals surface area contributed by atoms with Gasteiger partial charge in [-0.25, -0.2) is 0 Å². The molecule has 1 N–H and O–H groups in total. The van der Waals surface area contributed by atoms with Gasteiger partial charge in [0.05, 0.1) is 0 Å². The Kier molecular flexibility index (Phi) is 10.5. The zero-order chi connectivity index (χ0) is 11.6. The van der Waals surface area contributed by atoms with Crippen LogP contribution in [0.15, 0.2) is 0 Å². The van der Waals surface area contributed by atoms with Crippen LogP contribution in [0.1, 0.15) is 59.3 Å². The van der Waals surface area contributed by atoms with Crippen molar-refractivity contribution in [2.45, 2.75) is 72.6 Å². The van der Waals surface area contributed by atoms with E-state index in [1.807, 2.05) is 0 Å². The van der Waals surface area contributed by atoms with Crippen LogP contribution in [0.5, 0.6) is 0 Å². The predicted octanol–water partition coefficient (Wildman–Crippen LogP) is 4.55. The molecule has 92 valence electrons. The fraction of sp³-hybridized carbons (Fsp3) is 1.00. The Morgan fingerprint density at radius 1 is 0.733 bits per heavy atom. The van der Waals surface area contributed by atoms with Crippen LogP contribution >= 0.6 is 0 Å². The van der Waals surface area contributed by atoms with Gasteiger partial charge in [-0.1, -0.05) is 0 Å². The normalized spacial score (nSPS) is 12.0. The van der Waals surface area contributed by atoms with Gasteiger partial charge in [-0.05, 0) is 0 Å². The molecule has 0 atom stereocenters. The van der Waals surface area contributed by atoms with E-state index in [0.717, 1.165) is 0 Å². The van der Waals surface area contributed by atoms with Crippen LogP contribution in [0, 0.1) is 0 Å². The van der Waals surface area contributed by atoms with E-state index in [0.29, 0.717) is 0 Å². The van der Waals surface area contributed by atoms with Crippen LogP contribution in [0.3, 0.4) is 0 Å². The first-order valence-electron chi connectivity index (χ1n) is 6.93. The van der Waals surface area contributed by atoms with Crippen molar-refractivity contribution in [3.63, 3.8) is 0 Å². The summed E-state index contributed by atoms with van der Waals surface area (Å²) in [6.45, 7) is 6.98. The summed E-state index contributed by atoms with van der Waals surface area (Å²) in [6, 6.07) is 0. The van der Waals surface area contributed by atoms with Crippen LogP contribution in [-0.4, -0.2) is 25.7 Å². The van der Waals surface area contributed by atoms with Crippen LogP contribution in [0.4, 0.5) is 0 Å². The van der Waals surface area contributed by atoms with Gasteiger partial charge in [0.1, 0.15) is 0 Å². The Morgan fingerprint density at radius 2 is 1.07 bits per heavy atom. The fourth-order valence-electron chi connectivity index (χ4n) is 2.30. The SMILES string of the molecule is CCC[CH2][Sn]([CH2]CCC)([CH2]CCC)[NH]C. The van der Waals surface area contributed by atoms with Crippen molar-refractivity contribution in [2.75, 3.05) is 7.05 Å². The van der Waals surface area contributed by atoms with Crippen LogP contribution < -0.4 is 3.54 Å². The van der Waals surface area contributed by atoms with E-state index >= 15 is 0 Å². The molecule has 15 heavy (non-hydrogen) atoms. The molecule has 0 saturated heterocycles. The van der Waals surface area contributed by atoms with Crippen molar-refractivity contribution in [1.29, 1.82) is 0 Å². The number of hydrogen-bond acceptors (Lipinski definition) is 1. The van der Waals surface area contributed by atoms with Gasteiger partial charge in [0.2, 0.25) is 0 Å². The molecule has 0 aromatic heterocycles. The zero-order valence-electron chi connectivity index (χ0n) is 11.4. The molecule has 0 aliphatic rings. The van der Waals surface area contributed by atoms with Crippen molar-refractivity contribution >= 4 is 18.7 Å². The Hall–Kier alpha value is 0.759. The molecule has 0 aliphatic heterocycles. The van der Waals surface area contributed by atoms with Crippen molar-refractivity contribution in [3.05, 3.63) is 0 Å². The van der Waals surface area contributed by atoms with E-state index in [1.54, 1.807) is 13.3 Å². The van der Waals surface area contributed by atoms with Crippen LogP contribution in [0.25, 0.3) is 0 Å². The molecule has 0 fully saturated rings. The Balaban J connectivity index is 4.16. The zero-order valence-corrected chi connectivity index (χ0v) is 14.2. The monoisotopic (exact) mass is 321 g/mol. The van der Waals surface area contributed by atoms with Gasteiger partial charge in [-0.3, -0.25) is 0 Å². The third-order valence-corrected chi connectivity index (χ3v) is 17.8. The molecular formula is C13H31NSn. The van der Waals surface area contributed by atoms with Gasteiger partial charge in [-0.15, -0.1) is 0 Å². The molecule has 1 nitrogen and oxygen atoms in total. The third kappa shape index (κ3) is 6.83. The predicted molar refractivity (Wildman–Crippen MR) is 74.0 cm³/mol. The molecule has 0 radical (unpaired) electrons. The third-order valence-electron chi connectivity index (χ3n) is 3.56.